The fourth-order valence-electron chi connectivity index (χ4n) is 7.23. The third-order valence-corrected chi connectivity index (χ3v) is 10.5. The van der Waals surface area contributed by atoms with Gasteiger partial charge in [0.15, 0.2) is 0 Å². The summed E-state index contributed by atoms with van der Waals surface area (Å²) in [4.78, 5) is 109. The highest BCUT2D eigenvalue weighted by Gasteiger charge is 2.23. The van der Waals surface area contributed by atoms with Crippen LogP contribution < -0.4 is 10.6 Å². The van der Waals surface area contributed by atoms with Crippen LogP contribution >= 0.6 is 0 Å². The largest absolute Gasteiger partial charge is 0.480 e. The Balaban J connectivity index is 1.90. The van der Waals surface area contributed by atoms with Gasteiger partial charge in [-0.1, -0.05) is 0 Å². The smallest absolute Gasteiger partial charge is 0.317 e. The van der Waals surface area contributed by atoms with Crippen LogP contribution in [0.4, 0.5) is 0 Å². The topological polar surface area (TPSA) is 308 Å². The van der Waals surface area contributed by atoms with E-state index >= 15 is 0 Å². The number of hydrogen-bond donors (Lipinski definition) is 8. The lowest BCUT2D eigenvalue weighted by atomic mass is 10.1. The Morgan fingerprint density at radius 1 is 0.371 bits per heavy atom. The number of amides is 2. The number of rotatable bonds is 22. The van der Waals surface area contributed by atoms with Crippen LogP contribution in [0.3, 0.4) is 0 Å². The van der Waals surface area contributed by atoms with E-state index in [2.05, 4.69) is 10.6 Å². The van der Waals surface area contributed by atoms with Crippen molar-refractivity contribution in [3.63, 3.8) is 0 Å². The van der Waals surface area contributed by atoms with Gasteiger partial charge in [0.05, 0.1) is 52.4 Å². The lowest BCUT2D eigenvalue weighted by molar-refractivity contribution is -0.140. The van der Waals surface area contributed by atoms with Crippen LogP contribution in [0.1, 0.15) is 26.2 Å². The van der Waals surface area contributed by atoms with Crippen LogP contribution in [-0.4, -0.2) is 287 Å². The van der Waals surface area contributed by atoms with E-state index in [1.54, 1.807) is 29.4 Å². The van der Waals surface area contributed by atoms with Gasteiger partial charge in [0, 0.05) is 117 Å². The predicted octanol–water partition coefficient (Wildman–Crippen LogP) is -4.27. The molecule has 2 heterocycles. The first kappa shape index (κ1) is 53.6. The van der Waals surface area contributed by atoms with Crippen molar-refractivity contribution in [2.24, 2.45) is 0 Å². The molecule has 2 fully saturated rings. The minimum atomic E-state index is -1.04. The number of carboxylic acid groups (broad SMARTS) is 6. The summed E-state index contributed by atoms with van der Waals surface area (Å²) in [5, 5.41) is 62.4. The molecule has 24 heteroatoms. The fraction of sp³-hybridized carbons (Fsp3) is 0.789. The van der Waals surface area contributed by atoms with Crippen molar-refractivity contribution >= 4 is 47.6 Å². The quantitative estimate of drug-likeness (QED) is 0.0477. The average molecular weight is 889 g/mol. The first-order valence-electron chi connectivity index (χ1n) is 21.0. The monoisotopic (exact) mass is 888 g/mol. The average Bonchev–Trinajstić information content (AvgIpc) is 3.15. The van der Waals surface area contributed by atoms with E-state index in [4.69, 9.17) is 0 Å². The number of carbonyl (C=O) groups is 8. The van der Waals surface area contributed by atoms with Crippen LogP contribution in [0.5, 0.6) is 0 Å². The Morgan fingerprint density at radius 2 is 0.597 bits per heavy atom. The summed E-state index contributed by atoms with van der Waals surface area (Å²) in [5.74, 6) is -6.75. The molecule has 0 saturated carbocycles. The number of hydrogen-bond acceptors (Lipinski definition) is 16. The van der Waals surface area contributed by atoms with Gasteiger partial charge >= 0.3 is 35.8 Å². The number of aliphatic carboxylic acids is 6. The van der Waals surface area contributed by atoms with Gasteiger partial charge in [0.25, 0.3) is 0 Å². The minimum Gasteiger partial charge on any atom is -0.480 e. The Bertz CT molecular complexity index is 1400. The zero-order valence-corrected chi connectivity index (χ0v) is 35.9. The van der Waals surface area contributed by atoms with Crippen LogP contribution in [0.2, 0.25) is 0 Å². The summed E-state index contributed by atoms with van der Waals surface area (Å²) in [7, 11) is 0. The molecule has 0 aromatic heterocycles. The SMILES string of the molecule is CC(CCCCNC(=O)CN1CCN(CC(=O)O)CCN(CC(=O)O)CCN(CC(=O)O)CC1)NC(=O)CN1CCN(CC(=O)O)CCN(CC(=O)O)CCN(CC(=O)O)CC1. The van der Waals surface area contributed by atoms with E-state index < -0.39 is 35.8 Å². The highest BCUT2D eigenvalue weighted by Crippen LogP contribution is 2.05. The Kier molecular flexibility index (Phi) is 25.7. The van der Waals surface area contributed by atoms with Gasteiger partial charge in [-0.05, 0) is 26.2 Å². The molecule has 1 unspecified atom stereocenters. The molecule has 0 aliphatic carbocycles. The van der Waals surface area contributed by atoms with Crippen molar-refractivity contribution in [1.29, 1.82) is 0 Å². The molecule has 0 aromatic carbocycles. The molecule has 1 atom stereocenters. The van der Waals surface area contributed by atoms with Crippen LogP contribution in [-0.2, 0) is 38.4 Å². The third-order valence-electron chi connectivity index (χ3n) is 10.5. The van der Waals surface area contributed by atoms with E-state index in [1.807, 2.05) is 16.7 Å². The molecule has 2 aliphatic heterocycles. The van der Waals surface area contributed by atoms with E-state index in [9.17, 15) is 69.0 Å². The molecular weight excluding hydrogens is 820 g/mol. The number of carbonyl (C=O) groups excluding carboxylic acids is 2. The first-order chi connectivity index (χ1) is 29.4. The zero-order chi connectivity index (χ0) is 46.0. The van der Waals surface area contributed by atoms with Gasteiger partial charge in [0.2, 0.25) is 11.8 Å². The van der Waals surface area contributed by atoms with E-state index in [1.165, 1.54) is 0 Å². The Morgan fingerprint density at radius 3 is 0.839 bits per heavy atom. The molecule has 0 bridgehead atoms. The van der Waals surface area contributed by atoms with Crippen molar-refractivity contribution in [3.8, 4) is 0 Å². The molecule has 62 heavy (non-hydrogen) atoms. The molecule has 0 spiro atoms. The fourth-order valence-corrected chi connectivity index (χ4v) is 7.23. The number of carboxylic acids is 6. The highest BCUT2D eigenvalue weighted by atomic mass is 16.4. The lowest BCUT2D eigenvalue weighted by Crippen LogP contribution is -2.50. The van der Waals surface area contributed by atoms with Crippen molar-refractivity contribution < 1.29 is 69.0 Å². The van der Waals surface area contributed by atoms with Gasteiger partial charge in [-0.25, -0.2) is 0 Å². The normalized spacial score (nSPS) is 19.4. The summed E-state index contributed by atoms with van der Waals surface area (Å²) in [6.07, 6.45) is 1.91. The van der Waals surface area contributed by atoms with Gasteiger partial charge in [-0.3, -0.25) is 77.6 Å². The van der Waals surface area contributed by atoms with Gasteiger partial charge in [-0.2, -0.15) is 0 Å². The van der Waals surface area contributed by atoms with Gasteiger partial charge in [-0.15, -0.1) is 0 Å². The van der Waals surface area contributed by atoms with E-state index in [-0.39, 0.29) is 123 Å². The third kappa shape index (κ3) is 26.0. The van der Waals surface area contributed by atoms with Crippen molar-refractivity contribution in [2.45, 2.75) is 32.2 Å². The molecule has 2 amide bonds. The number of nitrogens with one attached hydrogen (secondary N) is 2. The minimum absolute atomic E-state index is 0.00121. The standard InChI is InChI=1S/C38H68N10O14/c1-30(40-32(50)23-42-8-12-45(26-35(55)56)16-20-48(29-38(61)62)21-17-46(13-9-42)27-36(57)58)4-2-3-5-39-31(49)22-41-6-10-43(24-33(51)52)14-18-47(28-37(59)60)19-15-44(11-7-41)25-34(53)54/h30H,2-29H2,1H3,(H,39,49)(H,40,50)(H,51,52)(H,53,54)(H,55,56)(H,57,58)(H,59,60)(H,61,62). The maximum atomic E-state index is 13.2. The molecule has 354 valence electrons. The van der Waals surface area contributed by atoms with E-state index in [0.29, 0.717) is 78.2 Å². The summed E-state index contributed by atoms with van der Waals surface area (Å²) in [6, 6.07) is -0.209. The molecule has 2 rings (SSSR count). The second-order valence-electron chi connectivity index (χ2n) is 15.9. The molecule has 24 nitrogen and oxygen atoms in total. The van der Waals surface area contributed by atoms with E-state index in [0.717, 1.165) is 0 Å². The highest BCUT2D eigenvalue weighted by molar-refractivity contribution is 5.78. The van der Waals surface area contributed by atoms with Crippen molar-refractivity contribution in [2.75, 3.05) is 164 Å². The Labute approximate surface area is 361 Å². The maximum Gasteiger partial charge on any atom is 0.317 e. The molecule has 8 N–H and O–H groups in total. The van der Waals surface area contributed by atoms with Gasteiger partial charge < -0.3 is 41.3 Å². The first-order valence-corrected chi connectivity index (χ1v) is 21.0. The van der Waals surface area contributed by atoms with Crippen molar-refractivity contribution in [3.05, 3.63) is 0 Å². The second-order valence-corrected chi connectivity index (χ2v) is 15.9. The van der Waals surface area contributed by atoms with Crippen LogP contribution in [0, 0.1) is 0 Å². The lowest BCUT2D eigenvalue weighted by Gasteiger charge is -2.33. The summed E-state index contributed by atoms with van der Waals surface area (Å²) in [6.45, 7) is 5.25. The van der Waals surface area contributed by atoms with Crippen LogP contribution in [0.25, 0.3) is 0 Å². The number of unbranched alkanes of at least 4 members (excludes halogenated alkanes) is 1. The molecule has 0 aromatic rings. The molecule has 2 saturated heterocycles. The maximum absolute atomic E-state index is 13.2. The molecule has 0 radical (unpaired) electrons. The molecular formula is C38H68N10O14. The van der Waals surface area contributed by atoms with Crippen molar-refractivity contribution in [1.82, 2.24) is 49.8 Å². The zero-order valence-electron chi connectivity index (χ0n) is 35.9. The second kappa shape index (κ2) is 29.7. The summed E-state index contributed by atoms with van der Waals surface area (Å²) < 4.78 is 0. The summed E-state index contributed by atoms with van der Waals surface area (Å²) >= 11 is 0. The van der Waals surface area contributed by atoms with Crippen LogP contribution in [0.15, 0.2) is 0 Å². The Hall–Kier alpha value is -4.56. The summed E-state index contributed by atoms with van der Waals surface area (Å²) in [5.41, 5.74) is 0. The molecule has 2 aliphatic rings. The van der Waals surface area contributed by atoms with Gasteiger partial charge in [0.1, 0.15) is 0 Å². The predicted molar refractivity (Wildman–Crippen MR) is 222 cm³/mol. The number of nitrogens with zero attached hydrogens (tertiary/aromatic N) is 8.